The van der Waals surface area contributed by atoms with Gasteiger partial charge in [0.05, 0.1) is 25.7 Å². The number of benzene rings is 1. The number of anilines is 2. The normalized spacial score (nSPS) is 26.7. The van der Waals surface area contributed by atoms with E-state index in [1.165, 1.54) is 5.56 Å². The maximum absolute atomic E-state index is 12.7. The lowest BCUT2D eigenvalue weighted by molar-refractivity contribution is -0.956. The number of fused-ring (bicyclic) bond motifs is 3. The number of quaternary nitrogens is 1. The summed E-state index contributed by atoms with van der Waals surface area (Å²) in [6.07, 6.45) is 2.23. The SMILES string of the molecule is Nc1nc(N)c(C(=O)N[C@@H]2C[N+]3(Cc4ccccc4)CCC2CC3)nc1Cl. The zero-order valence-electron chi connectivity index (χ0n) is 15.1. The maximum Gasteiger partial charge on any atom is 0.274 e. The quantitative estimate of drug-likeness (QED) is 0.694. The number of carbonyl (C=O) groups is 1. The van der Waals surface area contributed by atoms with Gasteiger partial charge in [0.1, 0.15) is 6.54 Å². The van der Waals surface area contributed by atoms with E-state index in [4.69, 9.17) is 23.1 Å². The zero-order chi connectivity index (χ0) is 19.0. The molecule has 7 nitrogen and oxygen atoms in total. The summed E-state index contributed by atoms with van der Waals surface area (Å²) < 4.78 is 1.01. The standard InChI is InChI=1S/C19H23ClN6O/c20-16-18(22)25-17(21)15(24-16)19(27)23-14-11-26(8-6-13(14)7-9-26)10-12-4-2-1-3-5-12/h1-5,13-14H,6-11H2,(H4-,21,22,23,25,27)/p+1/t13?,14-,26?/m1/s1. The number of rotatable bonds is 4. The number of nitrogens with one attached hydrogen (secondary N) is 1. The first-order valence-corrected chi connectivity index (χ1v) is 9.62. The lowest BCUT2D eigenvalue weighted by Crippen LogP contribution is -2.66. The van der Waals surface area contributed by atoms with Crippen LogP contribution in [0, 0.1) is 5.92 Å². The van der Waals surface area contributed by atoms with Crippen molar-refractivity contribution in [2.24, 2.45) is 5.92 Å². The van der Waals surface area contributed by atoms with Gasteiger partial charge in [-0.2, -0.15) is 0 Å². The molecule has 0 aliphatic carbocycles. The molecular formula is C19H24ClN6O+. The van der Waals surface area contributed by atoms with E-state index in [0.29, 0.717) is 5.92 Å². The highest BCUT2D eigenvalue weighted by molar-refractivity contribution is 6.31. The molecule has 5 N–H and O–H groups in total. The fourth-order valence-electron chi connectivity index (χ4n) is 4.49. The number of nitrogens with two attached hydrogens (primary N) is 2. The Morgan fingerprint density at radius 2 is 1.85 bits per heavy atom. The summed E-state index contributed by atoms with van der Waals surface area (Å²) in [5.74, 6) is 0.187. The van der Waals surface area contributed by atoms with Crippen molar-refractivity contribution in [1.29, 1.82) is 0 Å². The minimum atomic E-state index is -0.335. The van der Waals surface area contributed by atoms with Crippen LogP contribution in [0.5, 0.6) is 0 Å². The lowest BCUT2D eigenvalue weighted by atomic mass is 9.81. The smallest absolute Gasteiger partial charge is 0.274 e. The van der Waals surface area contributed by atoms with Gasteiger partial charge in [-0.3, -0.25) is 4.79 Å². The highest BCUT2D eigenvalue weighted by Crippen LogP contribution is 2.35. The summed E-state index contributed by atoms with van der Waals surface area (Å²) in [6.45, 7) is 4.22. The minimum Gasteiger partial charge on any atom is -0.382 e. The van der Waals surface area contributed by atoms with Crippen LogP contribution in [-0.4, -0.2) is 46.0 Å². The van der Waals surface area contributed by atoms with E-state index >= 15 is 0 Å². The summed E-state index contributed by atoms with van der Waals surface area (Å²) in [5, 5.41) is 3.12. The van der Waals surface area contributed by atoms with Gasteiger partial charge < -0.3 is 21.3 Å². The summed E-state index contributed by atoms with van der Waals surface area (Å²) in [5.41, 5.74) is 12.8. The summed E-state index contributed by atoms with van der Waals surface area (Å²) >= 11 is 5.91. The summed E-state index contributed by atoms with van der Waals surface area (Å²) in [4.78, 5) is 20.7. The molecule has 3 saturated heterocycles. The fourth-order valence-corrected chi connectivity index (χ4v) is 4.62. The Hall–Kier alpha value is -2.38. The Bertz CT molecular complexity index is 851. The van der Waals surface area contributed by atoms with Crippen LogP contribution in [0.25, 0.3) is 0 Å². The van der Waals surface area contributed by atoms with E-state index in [0.717, 1.165) is 43.5 Å². The average Bonchev–Trinajstić information content (AvgIpc) is 2.66. The van der Waals surface area contributed by atoms with E-state index in [9.17, 15) is 4.79 Å². The fraction of sp³-hybridized carbons (Fsp3) is 0.421. The summed E-state index contributed by atoms with van der Waals surface area (Å²) in [6, 6.07) is 10.6. The Morgan fingerprint density at radius 3 is 2.56 bits per heavy atom. The lowest BCUT2D eigenvalue weighted by Gasteiger charge is -2.52. The molecule has 0 saturated carbocycles. The molecule has 27 heavy (non-hydrogen) atoms. The van der Waals surface area contributed by atoms with Crippen molar-refractivity contribution in [1.82, 2.24) is 15.3 Å². The van der Waals surface area contributed by atoms with Gasteiger partial charge in [-0.05, 0) is 5.92 Å². The highest BCUT2D eigenvalue weighted by atomic mass is 35.5. The molecule has 1 aromatic carbocycles. The molecule has 3 aliphatic rings. The number of hydrogen-bond donors (Lipinski definition) is 3. The molecule has 0 unspecified atom stereocenters. The zero-order valence-corrected chi connectivity index (χ0v) is 15.8. The largest absolute Gasteiger partial charge is 0.382 e. The summed E-state index contributed by atoms with van der Waals surface area (Å²) in [7, 11) is 0. The van der Waals surface area contributed by atoms with Crippen LogP contribution in [0.1, 0.15) is 28.9 Å². The van der Waals surface area contributed by atoms with Gasteiger partial charge in [0.15, 0.2) is 22.5 Å². The van der Waals surface area contributed by atoms with Crippen LogP contribution in [0.15, 0.2) is 30.3 Å². The second-order valence-corrected chi connectivity index (χ2v) is 8.02. The third-order valence-corrected chi connectivity index (χ3v) is 6.18. The Balaban J connectivity index is 1.50. The number of nitrogen functional groups attached to an aromatic ring is 2. The number of halogens is 1. The van der Waals surface area contributed by atoms with Gasteiger partial charge in [0, 0.05) is 18.4 Å². The molecule has 3 fully saturated rings. The second kappa shape index (κ2) is 6.98. The van der Waals surface area contributed by atoms with E-state index in [1.54, 1.807) is 0 Å². The number of amides is 1. The number of aromatic nitrogens is 2. The topological polar surface area (TPSA) is 107 Å². The molecule has 142 valence electrons. The van der Waals surface area contributed by atoms with E-state index in [-0.39, 0.29) is 34.4 Å². The van der Waals surface area contributed by atoms with E-state index in [2.05, 4.69) is 39.6 Å². The van der Waals surface area contributed by atoms with Gasteiger partial charge >= 0.3 is 0 Å². The highest BCUT2D eigenvalue weighted by Gasteiger charge is 2.46. The predicted octanol–water partition coefficient (Wildman–Crippen LogP) is 1.83. The van der Waals surface area contributed by atoms with Crippen molar-refractivity contribution in [2.75, 3.05) is 31.1 Å². The minimum absolute atomic E-state index is 0.00357. The number of nitrogens with zero attached hydrogens (tertiary/aromatic N) is 3. The van der Waals surface area contributed by atoms with Crippen LogP contribution in [-0.2, 0) is 6.54 Å². The van der Waals surface area contributed by atoms with E-state index in [1.807, 2.05) is 6.07 Å². The first-order valence-electron chi connectivity index (χ1n) is 9.24. The van der Waals surface area contributed by atoms with Crippen LogP contribution >= 0.6 is 11.6 Å². The molecule has 1 aromatic heterocycles. The molecule has 1 atom stereocenters. The predicted molar refractivity (Wildman–Crippen MR) is 105 cm³/mol. The van der Waals surface area contributed by atoms with Crippen molar-refractivity contribution >= 4 is 29.1 Å². The Labute approximate surface area is 163 Å². The van der Waals surface area contributed by atoms with Gasteiger partial charge in [0.25, 0.3) is 5.91 Å². The molecule has 5 rings (SSSR count). The van der Waals surface area contributed by atoms with Gasteiger partial charge in [-0.1, -0.05) is 41.9 Å². The van der Waals surface area contributed by atoms with Crippen LogP contribution < -0.4 is 16.8 Å². The molecular weight excluding hydrogens is 364 g/mol. The van der Waals surface area contributed by atoms with E-state index < -0.39 is 0 Å². The molecule has 3 aliphatic heterocycles. The maximum atomic E-state index is 12.7. The third kappa shape index (κ3) is 3.57. The van der Waals surface area contributed by atoms with Crippen LogP contribution in [0.4, 0.5) is 11.6 Å². The Kier molecular flexibility index (Phi) is 4.65. The third-order valence-electron chi connectivity index (χ3n) is 5.90. The Morgan fingerprint density at radius 1 is 1.15 bits per heavy atom. The monoisotopic (exact) mass is 387 g/mol. The first-order chi connectivity index (χ1) is 13.0. The van der Waals surface area contributed by atoms with Gasteiger partial charge in [-0.15, -0.1) is 0 Å². The van der Waals surface area contributed by atoms with Crippen molar-refractivity contribution in [3.8, 4) is 0 Å². The molecule has 0 spiro atoms. The molecule has 8 heteroatoms. The number of piperidine rings is 3. The van der Waals surface area contributed by atoms with Crippen molar-refractivity contribution in [2.45, 2.75) is 25.4 Å². The van der Waals surface area contributed by atoms with Gasteiger partial charge in [-0.25, -0.2) is 9.97 Å². The van der Waals surface area contributed by atoms with Crippen LogP contribution in [0.2, 0.25) is 5.15 Å². The van der Waals surface area contributed by atoms with Gasteiger partial charge in [0.2, 0.25) is 0 Å². The number of hydrogen-bond acceptors (Lipinski definition) is 5. The first kappa shape index (κ1) is 18.0. The molecule has 0 radical (unpaired) electrons. The molecule has 2 bridgehead atoms. The van der Waals surface area contributed by atoms with Crippen molar-refractivity contribution < 1.29 is 9.28 Å². The average molecular weight is 388 g/mol. The van der Waals surface area contributed by atoms with Crippen LogP contribution in [0.3, 0.4) is 0 Å². The molecule has 1 amide bonds. The van der Waals surface area contributed by atoms with Crippen molar-refractivity contribution in [3.63, 3.8) is 0 Å². The number of carbonyl (C=O) groups excluding carboxylic acids is 1. The van der Waals surface area contributed by atoms with Crippen molar-refractivity contribution in [3.05, 3.63) is 46.7 Å². The molecule has 4 heterocycles. The second-order valence-electron chi connectivity index (χ2n) is 7.67. The molecule has 2 aromatic rings.